The van der Waals surface area contributed by atoms with Gasteiger partial charge in [-0.1, -0.05) is 27.5 Å². The fourth-order valence-electron chi connectivity index (χ4n) is 3.20. The Balaban J connectivity index is 1.90. The van der Waals surface area contributed by atoms with Crippen LogP contribution in [0.2, 0.25) is 5.02 Å². The van der Waals surface area contributed by atoms with Crippen LogP contribution in [0.3, 0.4) is 0 Å². The van der Waals surface area contributed by atoms with Gasteiger partial charge in [-0.15, -0.1) is 0 Å². The zero-order valence-electron chi connectivity index (χ0n) is 12.5. The van der Waals surface area contributed by atoms with E-state index in [-0.39, 0.29) is 13.0 Å². The number of H-pyrrole nitrogens is 1. The van der Waals surface area contributed by atoms with Gasteiger partial charge in [-0.25, -0.2) is 9.18 Å². The molecule has 1 aliphatic rings. The quantitative estimate of drug-likeness (QED) is 0.600. The van der Waals surface area contributed by atoms with E-state index in [1.165, 1.54) is 4.68 Å². The van der Waals surface area contributed by atoms with Gasteiger partial charge in [0.2, 0.25) is 0 Å². The van der Waals surface area contributed by atoms with Crippen LogP contribution in [0.5, 0.6) is 0 Å². The number of fused-ring (bicyclic) bond motifs is 2. The van der Waals surface area contributed by atoms with Crippen molar-refractivity contribution in [3.63, 3.8) is 0 Å². The van der Waals surface area contributed by atoms with Crippen LogP contribution in [0, 0.1) is 4.77 Å². The molecule has 0 spiro atoms. The fraction of sp³-hybridized carbons (Fsp3) is 0.267. The van der Waals surface area contributed by atoms with Crippen molar-refractivity contribution in [2.75, 3.05) is 0 Å². The second-order valence-corrected chi connectivity index (χ2v) is 7.58. The number of hydrogen-bond donors (Lipinski definition) is 2. The van der Waals surface area contributed by atoms with Crippen LogP contribution in [-0.4, -0.2) is 36.6 Å². The van der Waals surface area contributed by atoms with Gasteiger partial charge in [0.05, 0.1) is 22.8 Å². The van der Waals surface area contributed by atoms with E-state index in [0.29, 0.717) is 32.1 Å². The number of imidazole rings is 1. The molecular formula is C15H11BrClFN4O2S. The normalized spacial score (nSPS) is 17.8. The summed E-state index contributed by atoms with van der Waals surface area (Å²) < 4.78 is 17.8. The molecule has 130 valence electrons. The van der Waals surface area contributed by atoms with E-state index >= 15 is 0 Å². The first kappa shape index (κ1) is 16.7. The molecule has 0 radical (unpaired) electrons. The van der Waals surface area contributed by atoms with Crippen LogP contribution >= 0.6 is 39.7 Å². The molecule has 25 heavy (non-hydrogen) atoms. The zero-order valence-corrected chi connectivity index (χ0v) is 15.7. The summed E-state index contributed by atoms with van der Waals surface area (Å²) in [5.74, 6) is -1.12. The van der Waals surface area contributed by atoms with Gasteiger partial charge < -0.3 is 14.7 Å². The maximum absolute atomic E-state index is 13.8. The summed E-state index contributed by atoms with van der Waals surface area (Å²) in [5, 5.41) is 15.2. The van der Waals surface area contributed by atoms with E-state index in [9.17, 15) is 14.3 Å². The van der Waals surface area contributed by atoms with Crippen LogP contribution in [0.1, 0.15) is 17.4 Å². The van der Waals surface area contributed by atoms with Gasteiger partial charge in [-0.3, -0.25) is 4.68 Å². The number of rotatable bonds is 3. The van der Waals surface area contributed by atoms with Gasteiger partial charge in [0.1, 0.15) is 6.17 Å². The lowest BCUT2D eigenvalue weighted by Gasteiger charge is -2.12. The summed E-state index contributed by atoms with van der Waals surface area (Å²) in [6, 6.07) is 2.31. The largest absolute Gasteiger partial charge is 0.479 e. The molecule has 1 aromatic carbocycles. The first-order valence-electron chi connectivity index (χ1n) is 7.37. The Labute approximate surface area is 159 Å². The molecule has 0 saturated heterocycles. The zero-order chi connectivity index (χ0) is 17.9. The molecule has 2 aromatic heterocycles. The minimum absolute atomic E-state index is 0.124. The first-order chi connectivity index (χ1) is 11.8. The van der Waals surface area contributed by atoms with E-state index in [4.69, 9.17) is 23.8 Å². The van der Waals surface area contributed by atoms with E-state index in [2.05, 4.69) is 26.0 Å². The summed E-state index contributed by atoms with van der Waals surface area (Å²) in [5.41, 5.74) is 1.47. The minimum Gasteiger partial charge on any atom is -0.479 e. The van der Waals surface area contributed by atoms with Gasteiger partial charge >= 0.3 is 5.97 Å². The van der Waals surface area contributed by atoms with Crippen LogP contribution in [0.4, 0.5) is 4.39 Å². The Morgan fingerprint density at radius 2 is 2.32 bits per heavy atom. The van der Waals surface area contributed by atoms with E-state index in [1.54, 1.807) is 22.9 Å². The number of aliphatic carboxylic acids is 1. The lowest BCUT2D eigenvalue weighted by Crippen LogP contribution is -2.22. The maximum atomic E-state index is 13.8. The van der Waals surface area contributed by atoms with Crippen LogP contribution in [-0.2, 0) is 17.8 Å². The Kier molecular flexibility index (Phi) is 3.97. The number of aromatic nitrogens is 4. The van der Waals surface area contributed by atoms with Gasteiger partial charge in [0.25, 0.3) is 0 Å². The van der Waals surface area contributed by atoms with Gasteiger partial charge in [-0.2, -0.15) is 5.10 Å². The average molecular weight is 446 g/mol. The molecule has 0 bridgehead atoms. The molecule has 6 nitrogen and oxygen atoms in total. The van der Waals surface area contributed by atoms with Gasteiger partial charge in [-0.05, 0) is 24.4 Å². The molecule has 1 aliphatic heterocycles. The van der Waals surface area contributed by atoms with Crippen molar-refractivity contribution < 1.29 is 14.3 Å². The van der Waals surface area contributed by atoms with Crippen molar-refractivity contribution in [2.24, 2.45) is 0 Å². The summed E-state index contributed by atoms with van der Waals surface area (Å²) in [6.07, 6.45) is 0.631. The molecule has 2 N–H and O–H groups in total. The van der Waals surface area contributed by atoms with Gasteiger partial charge in [0.15, 0.2) is 10.8 Å². The number of carbonyl (C=O) groups is 1. The van der Waals surface area contributed by atoms with Crippen molar-refractivity contribution in [3.05, 3.63) is 44.0 Å². The standard InChI is InChI=1S/C15H11BrClFN4O2S/c16-6-1-9(17)8-5-22(20-10(8)2-6)13(14(23)24)12-11-3-7(18)4-21(11)15(25)19-12/h1-2,5,7,13H,3-4H2,(H,19,25)(H,23,24)/t7-,13?/m1/s1. The molecule has 0 aliphatic carbocycles. The second kappa shape index (κ2) is 5.93. The predicted molar refractivity (Wildman–Crippen MR) is 96.4 cm³/mol. The first-order valence-corrected chi connectivity index (χ1v) is 8.95. The van der Waals surface area contributed by atoms with Crippen molar-refractivity contribution in [3.8, 4) is 0 Å². The van der Waals surface area contributed by atoms with E-state index in [0.717, 1.165) is 4.47 Å². The highest BCUT2D eigenvalue weighted by Crippen LogP contribution is 2.32. The third kappa shape index (κ3) is 2.70. The van der Waals surface area contributed by atoms with Crippen molar-refractivity contribution in [1.82, 2.24) is 19.3 Å². The van der Waals surface area contributed by atoms with Crippen LogP contribution in [0.25, 0.3) is 10.9 Å². The Bertz CT molecular complexity index is 1080. The highest BCUT2D eigenvalue weighted by molar-refractivity contribution is 9.10. The average Bonchev–Trinajstić information content (AvgIpc) is 3.16. The van der Waals surface area contributed by atoms with Crippen molar-refractivity contribution in [1.29, 1.82) is 0 Å². The number of carboxylic acids is 1. The van der Waals surface area contributed by atoms with E-state index in [1.807, 2.05) is 0 Å². The highest BCUT2D eigenvalue weighted by Gasteiger charge is 2.34. The molecule has 1 unspecified atom stereocenters. The smallest absolute Gasteiger partial charge is 0.334 e. The Morgan fingerprint density at radius 1 is 1.56 bits per heavy atom. The molecule has 10 heteroatoms. The second-order valence-electron chi connectivity index (χ2n) is 5.87. The molecule has 2 atom stereocenters. The third-order valence-corrected chi connectivity index (χ3v) is 5.34. The molecule has 0 saturated carbocycles. The van der Waals surface area contributed by atoms with Crippen LogP contribution < -0.4 is 0 Å². The number of benzene rings is 1. The van der Waals surface area contributed by atoms with Gasteiger partial charge in [0, 0.05) is 28.2 Å². The molecule has 3 aromatic rings. The molecule has 0 amide bonds. The number of hydrogen-bond acceptors (Lipinski definition) is 3. The fourth-order valence-corrected chi connectivity index (χ4v) is 4.34. The monoisotopic (exact) mass is 444 g/mol. The topological polar surface area (TPSA) is 75.8 Å². The Morgan fingerprint density at radius 3 is 3.04 bits per heavy atom. The summed E-state index contributed by atoms with van der Waals surface area (Å²) >= 11 is 14.8. The third-order valence-electron chi connectivity index (χ3n) is 4.25. The number of carboxylic acid groups (broad SMARTS) is 1. The Hall–Kier alpha value is -1.71. The summed E-state index contributed by atoms with van der Waals surface area (Å²) in [4.78, 5) is 14.9. The van der Waals surface area contributed by atoms with Crippen molar-refractivity contribution >= 4 is 56.6 Å². The number of halogens is 3. The molecule has 3 heterocycles. The number of aromatic amines is 1. The highest BCUT2D eigenvalue weighted by atomic mass is 79.9. The number of nitrogens with zero attached hydrogens (tertiary/aromatic N) is 3. The molecule has 0 fully saturated rings. The summed E-state index contributed by atoms with van der Waals surface area (Å²) in [7, 11) is 0. The predicted octanol–water partition coefficient (Wildman–Crippen LogP) is 3.88. The lowest BCUT2D eigenvalue weighted by atomic mass is 10.1. The SMILES string of the molecule is O=C(O)C(c1[nH]c(=S)n2c1C[C@@H](F)C2)n1cc2c(Cl)cc(Br)cc2n1. The lowest BCUT2D eigenvalue weighted by molar-refractivity contribution is -0.139. The molecule has 4 rings (SSSR count). The van der Waals surface area contributed by atoms with Crippen LogP contribution in [0.15, 0.2) is 22.8 Å². The minimum atomic E-state index is -1.15. The summed E-state index contributed by atoms with van der Waals surface area (Å²) in [6.45, 7) is 0.136. The maximum Gasteiger partial charge on any atom is 0.334 e. The van der Waals surface area contributed by atoms with Crippen molar-refractivity contribution in [2.45, 2.75) is 25.2 Å². The van der Waals surface area contributed by atoms with E-state index < -0.39 is 18.2 Å². The molecular weight excluding hydrogens is 435 g/mol. The number of alkyl halides is 1. The number of nitrogens with one attached hydrogen (secondary N) is 1.